The Labute approximate surface area is 238 Å². The number of fused-ring (bicyclic) bond motifs is 1. The first kappa shape index (κ1) is 31.2. The van der Waals surface area contributed by atoms with E-state index in [0.717, 1.165) is 34.6 Å². The average molecular weight is 554 g/mol. The normalized spacial score (nSPS) is 16.1. The second-order valence-electron chi connectivity index (χ2n) is 11.4. The number of carbonyl (C=O) groups excluding carboxylic acids is 3. The third kappa shape index (κ3) is 10.6. The molecule has 0 bridgehead atoms. The lowest BCUT2D eigenvalue weighted by Crippen LogP contribution is -2.41. The van der Waals surface area contributed by atoms with Gasteiger partial charge in [-0.05, 0) is 63.0 Å². The minimum atomic E-state index is -0.451. The second kappa shape index (κ2) is 16.0. The zero-order chi connectivity index (χ0) is 28.2. The van der Waals surface area contributed by atoms with Crippen molar-refractivity contribution in [3.63, 3.8) is 0 Å². The van der Waals surface area contributed by atoms with Crippen LogP contribution in [0.2, 0.25) is 0 Å². The maximum atomic E-state index is 13.7. The average Bonchev–Trinajstić information content (AvgIpc) is 3.33. The largest absolute Gasteiger partial charge is 0.353 e. The standard InChI is InChI=1S/C32H47N3O3S/c1-5-23-14-17-29-30(20-23)39-31(34-29)22-25(21-27(36)6-2)32(38)33-26(19-24-11-8-7-9-12-24)15-16-28(37)13-10-18-35(3)4/h10,13-14,17,20,24-26H,5-9,11-12,15-16,18-19,21-22H2,1-4H3,(H,33,38)/b13-10+/t25-,26+/m0/s1. The lowest BCUT2D eigenvalue weighted by Gasteiger charge is -2.28. The molecule has 7 heteroatoms. The van der Waals surface area contributed by atoms with Crippen LogP contribution in [0.3, 0.4) is 0 Å². The SMILES string of the molecule is CCC(=O)C[C@@H](Cc1nc2ccc(CC)cc2s1)C(=O)N[C@H](CCC(=O)/C=C/CN(C)C)CC1CCCCC1. The second-order valence-corrected chi connectivity index (χ2v) is 12.5. The molecule has 0 spiro atoms. The Morgan fingerprint density at radius 1 is 1.15 bits per heavy atom. The molecule has 1 amide bonds. The number of likely N-dealkylation sites (N-methyl/N-ethyl adjacent to an activating group) is 1. The highest BCUT2D eigenvalue weighted by atomic mass is 32.1. The van der Waals surface area contributed by atoms with Gasteiger partial charge in [0.2, 0.25) is 5.91 Å². The van der Waals surface area contributed by atoms with E-state index in [2.05, 4.69) is 24.4 Å². The molecule has 0 radical (unpaired) electrons. The Morgan fingerprint density at radius 2 is 1.92 bits per heavy atom. The molecule has 2 aromatic rings. The Balaban J connectivity index is 1.71. The van der Waals surface area contributed by atoms with Crippen molar-refractivity contribution < 1.29 is 14.4 Å². The van der Waals surface area contributed by atoms with Gasteiger partial charge >= 0.3 is 0 Å². The van der Waals surface area contributed by atoms with Gasteiger partial charge in [0.05, 0.1) is 21.1 Å². The monoisotopic (exact) mass is 553 g/mol. The summed E-state index contributed by atoms with van der Waals surface area (Å²) in [6, 6.07) is 6.26. The van der Waals surface area contributed by atoms with Gasteiger partial charge in [-0.25, -0.2) is 4.98 Å². The van der Waals surface area contributed by atoms with Crippen LogP contribution >= 0.6 is 11.3 Å². The van der Waals surface area contributed by atoms with Crippen LogP contribution in [0, 0.1) is 11.8 Å². The van der Waals surface area contributed by atoms with Crippen LogP contribution in [0.5, 0.6) is 0 Å². The van der Waals surface area contributed by atoms with Crippen molar-refractivity contribution in [1.82, 2.24) is 15.2 Å². The number of Topliss-reactive ketones (excluding diaryl/α,β-unsaturated/α-hetero) is 1. The summed E-state index contributed by atoms with van der Waals surface area (Å²) in [7, 11) is 3.95. The summed E-state index contributed by atoms with van der Waals surface area (Å²) in [4.78, 5) is 45.5. The number of ketones is 2. The van der Waals surface area contributed by atoms with Gasteiger partial charge in [-0.15, -0.1) is 11.3 Å². The number of amides is 1. The van der Waals surface area contributed by atoms with Crippen LogP contribution in [-0.2, 0) is 27.2 Å². The molecule has 1 saturated carbocycles. The number of allylic oxidation sites excluding steroid dienone is 1. The number of rotatable bonds is 16. The lowest BCUT2D eigenvalue weighted by atomic mass is 9.83. The summed E-state index contributed by atoms with van der Waals surface area (Å²) in [5.74, 6) is 0.235. The predicted molar refractivity (Wildman–Crippen MR) is 161 cm³/mol. The molecule has 39 heavy (non-hydrogen) atoms. The summed E-state index contributed by atoms with van der Waals surface area (Å²) in [5, 5.41) is 4.19. The summed E-state index contributed by atoms with van der Waals surface area (Å²) < 4.78 is 1.13. The van der Waals surface area contributed by atoms with Crippen LogP contribution in [-0.4, -0.2) is 54.0 Å². The zero-order valence-electron chi connectivity index (χ0n) is 24.3. The van der Waals surface area contributed by atoms with Crippen molar-refractivity contribution in [2.45, 2.75) is 96.9 Å². The van der Waals surface area contributed by atoms with E-state index in [1.165, 1.54) is 37.7 Å². The molecule has 214 valence electrons. The number of hydrogen-bond donors (Lipinski definition) is 1. The van der Waals surface area contributed by atoms with Gasteiger partial charge in [0, 0.05) is 38.3 Å². The molecule has 1 N–H and O–H groups in total. The molecule has 1 fully saturated rings. The van der Waals surface area contributed by atoms with Gasteiger partial charge in [-0.1, -0.05) is 58.1 Å². The number of aryl methyl sites for hydroxylation is 1. The predicted octanol–water partition coefficient (Wildman–Crippen LogP) is 6.31. The van der Waals surface area contributed by atoms with Gasteiger partial charge in [0.25, 0.3) is 0 Å². The third-order valence-corrected chi connectivity index (χ3v) is 8.81. The number of hydrogen-bond acceptors (Lipinski definition) is 6. The van der Waals surface area contributed by atoms with Gasteiger partial charge < -0.3 is 10.2 Å². The van der Waals surface area contributed by atoms with Crippen molar-refractivity contribution in [1.29, 1.82) is 0 Å². The van der Waals surface area contributed by atoms with Crippen LogP contribution in [0.25, 0.3) is 10.2 Å². The highest BCUT2D eigenvalue weighted by molar-refractivity contribution is 7.18. The Kier molecular flexibility index (Phi) is 12.8. The van der Waals surface area contributed by atoms with E-state index in [4.69, 9.17) is 4.98 Å². The number of nitrogens with zero attached hydrogens (tertiary/aromatic N) is 2. The number of nitrogens with one attached hydrogen (secondary N) is 1. The van der Waals surface area contributed by atoms with Crippen LogP contribution in [0.1, 0.15) is 88.6 Å². The minimum absolute atomic E-state index is 0.0616. The van der Waals surface area contributed by atoms with Crippen LogP contribution in [0.4, 0.5) is 0 Å². The molecular weight excluding hydrogens is 506 g/mol. The Morgan fingerprint density at radius 3 is 2.62 bits per heavy atom. The van der Waals surface area contributed by atoms with Gasteiger partial charge in [0.1, 0.15) is 5.78 Å². The molecule has 1 heterocycles. The maximum Gasteiger partial charge on any atom is 0.224 e. The molecule has 0 unspecified atom stereocenters. The van der Waals surface area contributed by atoms with Crippen molar-refractivity contribution >= 4 is 39.0 Å². The number of aromatic nitrogens is 1. The maximum absolute atomic E-state index is 13.7. The molecule has 1 aromatic carbocycles. The van der Waals surface area contributed by atoms with Crippen LogP contribution < -0.4 is 5.32 Å². The number of carbonyl (C=O) groups is 3. The van der Waals surface area contributed by atoms with Crippen molar-refractivity contribution in [3.8, 4) is 0 Å². The van der Waals surface area contributed by atoms with E-state index in [9.17, 15) is 14.4 Å². The summed E-state index contributed by atoms with van der Waals surface area (Å²) >= 11 is 1.62. The van der Waals surface area contributed by atoms with Gasteiger partial charge in [-0.2, -0.15) is 0 Å². The smallest absolute Gasteiger partial charge is 0.224 e. The van der Waals surface area contributed by atoms with E-state index >= 15 is 0 Å². The Bertz CT molecular complexity index is 1120. The molecule has 1 aromatic heterocycles. The van der Waals surface area contributed by atoms with Crippen molar-refractivity contribution in [2.75, 3.05) is 20.6 Å². The summed E-state index contributed by atoms with van der Waals surface area (Å²) in [6.07, 6.45) is 13.7. The molecule has 3 rings (SSSR count). The highest BCUT2D eigenvalue weighted by Gasteiger charge is 2.27. The molecule has 2 atom stereocenters. The first-order chi connectivity index (χ1) is 18.8. The molecular formula is C32H47N3O3S. The first-order valence-corrected chi connectivity index (χ1v) is 15.6. The third-order valence-electron chi connectivity index (χ3n) is 7.77. The van der Waals surface area contributed by atoms with Gasteiger partial charge in [0.15, 0.2) is 5.78 Å². The van der Waals surface area contributed by atoms with Crippen LogP contribution in [0.15, 0.2) is 30.4 Å². The van der Waals surface area contributed by atoms with E-state index in [1.54, 1.807) is 17.4 Å². The van der Waals surface area contributed by atoms with Gasteiger partial charge in [-0.3, -0.25) is 14.4 Å². The van der Waals surface area contributed by atoms with E-state index in [-0.39, 0.29) is 29.9 Å². The Hall–Kier alpha value is -2.38. The number of benzene rings is 1. The molecule has 1 aliphatic rings. The first-order valence-electron chi connectivity index (χ1n) is 14.8. The molecule has 0 aliphatic heterocycles. The van der Waals surface area contributed by atoms with Crippen molar-refractivity contribution in [2.24, 2.45) is 11.8 Å². The van der Waals surface area contributed by atoms with E-state index in [0.29, 0.717) is 31.6 Å². The summed E-state index contributed by atoms with van der Waals surface area (Å²) in [5.41, 5.74) is 2.22. The minimum Gasteiger partial charge on any atom is -0.353 e. The molecule has 6 nitrogen and oxygen atoms in total. The highest BCUT2D eigenvalue weighted by Crippen LogP contribution is 2.29. The molecule has 0 saturated heterocycles. The van der Waals surface area contributed by atoms with Crippen molar-refractivity contribution in [3.05, 3.63) is 40.9 Å². The number of thiazole rings is 1. The quantitative estimate of drug-likeness (QED) is 0.247. The fraction of sp³-hybridized carbons (Fsp3) is 0.625. The summed E-state index contributed by atoms with van der Waals surface area (Å²) in [6.45, 7) is 4.71. The lowest BCUT2D eigenvalue weighted by molar-refractivity contribution is -0.130. The fourth-order valence-electron chi connectivity index (χ4n) is 5.40. The van der Waals surface area contributed by atoms with E-state index in [1.807, 2.05) is 38.1 Å². The fourth-order valence-corrected chi connectivity index (χ4v) is 6.51. The molecule has 1 aliphatic carbocycles. The topological polar surface area (TPSA) is 79.4 Å². The zero-order valence-corrected chi connectivity index (χ0v) is 25.2. The van der Waals surface area contributed by atoms with E-state index < -0.39 is 5.92 Å².